The molecule has 0 amide bonds. The summed E-state index contributed by atoms with van der Waals surface area (Å²) in [7, 11) is 1.61. The third-order valence-electron chi connectivity index (χ3n) is 3.51. The number of halogens is 1. The van der Waals surface area contributed by atoms with Crippen LogP contribution in [0.3, 0.4) is 0 Å². The summed E-state index contributed by atoms with van der Waals surface area (Å²) in [4.78, 5) is 0.836. The van der Waals surface area contributed by atoms with E-state index in [1.165, 1.54) is 17.8 Å². The van der Waals surface area contributed by atoms with Crippen molar-refractivity contribution in [1.29, 1.82) is 0 Å². The van der Waals surface area contributed by atoms with Gasteiger partial charge in [0.25, 0.3) is 0 Å². The lowest BCUT2D eigenvalue weighted by atomic mass is 10.2. The highest BCUT2D eigenvalue weighted by molar-refractivity contribution is 8.00. The van der Waals surface area contributed by atoms with E-state index in [1.807, 2.05) is 30.3 Å². The summed E-state index contributed by atoms with van der Waals surface area (Å²) in [6.07, 6.45) is 0. The molecule has 1 aromatic heterocycles. The number of methoxy groups -OCH3 is 1. The second kappa shape index (κ2) is 6.04. The van der Waals surface area contributed by atoms with Crippen molar-refractivity contribution < 1.29 is 13.5 Å². The SMILES string of the molecule is COc1ccc(-c2nnc(NC3Nc4c(F)cccc4S3)o2)cc1. The van der Waals surface area contributed by atoms with Gasteiger partial charge < -0.3 is 19.8 Å². The topological polar surface area (TPSA) is 72.2 Å². The molecule has 122 valence electrons. The number of fused-ring (bicyclic) bond motifs is 1. The number of nitrogens with zero attached hydrogens (tertiary/aromatic N) is 2. The molecule has 1 aliphatic heterocycles. The zero-order chi connectivity index (χ0) is 16.5. The van der Waals surface area contributed by atoms with E-state index in [-0.39, 0.29) is 17.3 Å². The van der Waals surface area contributed by atoms with Crippen molar-refractivity contribution in [1.82, 2.24) is 10.2 Å². The minimum Gasteiger partial charge on any atom is -0.497 e. The largest absolute Gasteiger partial charge is 0.497 e. The smallest absolute Gasteiger partial charge is 0.318 e. The van der Waals surface area contributed by atoms with Gasteiger partial charge in [0.2, 0.25) is 5.89 Å². The van der Waals surface area contributed by atoms with Gasteiger partial charge in [0.1, 0.15) is 11.6 Å². The highest BCUT2D eigenvalue weighted by Crippen LogP contribution is 2.40. The van der Waals surface area contributed by atoms with Gasteiger partial charge >= 0.3 is 6.01 Å². The van der Waals surface area contributed by atoms with Gasteiger partial charge in [-0.2, -0.15) is 0 Å². The van der Waals surface area contributed by atoms with Crippen LogP contribution in [0, 0.1) is 5.82 Å². The molecule has 4 rings (SSSR count). The van der Waals surface area contributed by atoms with Crippen molar-refractivity contribution in [2.75, 3.05) is 17.7 Å². The molecule has 6 nitrogen and oxygen atoms in total. The van der Waals surface area contributed by atoms with Gasteiger partial charge in [-0.3, -0.25) is 0 Å². The third kappa shape index (κ3) is 2.76. The zero-order valence-corrected chi connectivity index (χ0v) is 13.4. The van der Waals surface area contributed by atoms with Crippen LogP contribution in [0.5, 0.6) is 5.75 Å². The number of aromatic nitrogens is 2. The van der Waals surface area contributed by atoms with E-state index in [2.05, 4.69) is 20.8 Å². The Kier molecular flexibility index (Phi) is 3.73. The fourth-order valence-electron chi connectivity index (χ4n) is 2.34. The Morgan fingerprint density at radius 3 is 2.79 bits per heavy atom. The van der Waals surface area contributed by atoms with Crippen LogP contribution >= 0.6 is 11.8 Å². The van der Waals surface area contributed by atoms with Gasteiger partial charge in [0.05, 0.1) is 12.8 Å². The number of hydrogen-bond acceptors (Lipinski definition) is 7. The van der Waals surface area contributed by atoms with Gasteiger partial charge in [0.15, 0.2) is 5.50 Å². The quantitative estimate of drug-likeness (QED) is 0.746. The first-order chi connectivity index (χ1) is 11.7. The van der Waals surface area contributed by atoms with Crippen molar-refractivity contribution in [3.63, 3.8) is 0 Å². The maximum absolute atomic E-state index is 13.7. The van der Waals surface area contributed by atoms with Crippen LogP contribution in [0.4, 0.5) is 16.1 Å². The van der Waals surface area contributed by atoms with Crippen LogP contribution in [-0.4, -0.2) is 22.8 Å². The Morgan fingerprint density at radius 1 is 1.21 bits per heavy atom. The van der Waals surface area contributed by atoms with Gasteiger partial charge in [-0.25, -0.2) is 4.39 Å². The molecule has 0 saturated heterocycles. The Morgan fingerprint density at radius 2 is 2.04 bits per heavy atom. The van der Waals surface area contributed by atoms with Gasteiger partial charge in [-0.05, 0) is 36.4 Å². The standard InChI is InChI=1S/C16H13FN4O2S/c1-22-10-7-5-9(6-8-10)14-20-21-15(23-14)19-16-18-13-11(17)3-2-4-12(13)24-16/h2-8,16,18H,1H3,(H,19,21). The zero-order valence-electron chi connectivity index (χ0n) is 12.6. The number of hydrogen-bond donors (Lipinski definition) is 2. The van der Waals surface area contributed by atoms with E-state index >= 15 is 0 Å². The van der Waals surface area contributed by atoms with E-state index in [4.69, 9.17) is 9.15 Å². The molecule has 2 aromatic carbocycles. The van der Waals surface area contributed by atoms with E-state index in [1.54, 1.807) is 13.2 Å². The van der Waals surface area contributed by atoms with E-state index in [0.29, 0.717) is 11.6 Å². The molecule has 1 aliphatic rings. The van der Waals surface area contributed by atoms with Crippen LogP contribution in [-0.2, 0) is 0 Å². The lowest BCUT2D eigenvalue weighted by Crippen LogP contribution is -2.21. The summed E-state index contributed by atoms with van der Waals surface area (Å²) in [6.45, 7) is 0. The van der Waals surface area contributed by atoms with Crippen molar-refractivity contribution in [3.05, 3.63) is 48.3 Å². The first-order valence-corrected chi connectivity index (χ1v) is 8.07. The number of nitrogens with one attached hydrogen (secondary N) is 2. The number of benzene rings is 2. The van der Waals surface area contributed by atoms with Crippen molar-refractivity contribution in [3.8, 4) is 17.2 Å². The van der Waals surface area contributed by atoms with Crippen molar-refractivity contribution in [2.24, 2.45) is 0 Å². The Bertz CT molecular complexity index is 869. The molecule has 0 saturated carbocycles. The van der Waals surface area contributed by atoms with Gasteiger partial charge in [-0.15, -0.1) is 5.10 Å². The summed E-state index contributed by atoms with van der Waals surface area (Å²) < 4.78 is 24.5. The maximum Gasteiger partial charge on any atom is 0.318 e. The molecule has 0 spiro atoms. The van der Waals surface area contributed by atoms with Crippen LogP contribution < -0.4 is 15.4 Å². The Labute approximate surface area is 141 Å². The van der Waals surface area contributed by atoms with E-state index in [0.717, 1.165) is 16.2 Å². The molecular weight excluding hydrogens is 331 g/mol. The van der Waals surface area contributed by atoms with Crippen molar-refractivity contribution in [2.45, 2.75) is 10.4 Å². The summed E-state index contributed by atoms with van der Waals surface area (Å²) in [6, 6.07) is 12.5. The predicted octanol–water partition coefficient (Wildman–Crippen LogP) is 3.80. The molecule has 2 N–H and O–H groups in total. The molecule has 2 heterocycles. The van der Waals surface area contributed by atoms with Gasteiger partial charge in [0, 0.05) is 10.5 Å². The molecule has 1 atom stereocenters. The van der Waals surface area contributed by atoms with Crippen LogP contribution in [0.1, 0.15) is 0 Å². The number of ether oxygens (including phenoxy) is 1. The lowest BCUT2D eigenvalue weighted by molar-refractivity contribution is 0.415. The predicted molar refractivity (Wildman–Crippen MR) is 89.6 cm³/mol. The van der Waals surface area contributed by atoms with Crippen LogP contribution in [0.2, 0.25) is 0 Å². The number of para-hydroxylation sites is 1. The highest BCUT2D eigenvalue weighted by atomic mass is 32.2. The average Bonchev–Trinajstić information content (AvgIpc) is 3.23. The first-order valence-electron chi connectivity index (χ1n) is 7.19. The average molecular weight is 344 g/mol. The minimum atomic E-state index is -0.284. The molecule has 1 unspecified atom stereocenters. The fraction of sp³-hybridized carbons (Fsp3) is 0.125. The fourth-order valence-corrected chi connectivity index (χ4v) is 3.36. The maximum atomic E-state index is 13.7. The van der Waals surface area contributed by atoms with E-state index in [9.17, 15) is 4.39 Å². The van der Waals surface area contributed by atoms with Gasteiger partial charge in [-0.1, -0.05) is 22.9 Å². The number of thioether (sulfide) groups is 1. The van der Waals surface area contributed by atoms with Crippen LogP contribution in [0.25, 0.3) is 11.5 Å². The molecule has 0 bridgehead atoms. The molecule has 8 heteroatoms. The van der Waals surface area contributed by atoms with E-state index < -0.39 is 0 Å². The highest BCUT2D eigenvalue weighted by Gasteiger charge is 2.25. The summed E-state index contributed by atoms with van der Waals surface area (Å²) in [5, 5.41) is 14.1. The van der Waals surface area contributed by atoms with Crippen LogP contribution in [0.15, 0.2) is 51.8 Å². The molecule has 3 aromatic rings. The molecule has 0 aliphatic carbocycles. The first kappa shape index (κ1) is 14.8. The second-order valence-electron chi connectivity index (χ2n) is 5.04. The number of rotatable bonds is 4. The molecule has 24 heavy (non-hydrogen) atoms. The van der Waals surface area contributed by atoms with Crippen molar-refractivity contribution >= 4 is 23.5 Å². The molecular formula is C16H13FN4O2S. The number of anilines is 2. The third-order valence-corrected chi connectivity index (χ3v) is 4.58. The molecule has 0 fully saturated rings. The summed E-state index contributed by atoms with van der Waals surface area (Å²) >= 11 is 1.45. The molecule has 0 radical (unpaired) electrons. The minimum absolute atomic E-state index is 0.263. The monoisotopic (exact) mass is 344 g/mol. The summed E-state index contributed by atoms with van der Waals surface area (Å²) in [5.74, 6) is 0.864. The second-order valence-corrected chi connectivity index (χ2v) is 6.19. The normalized spacial score (nSPS) is 15.7. The summed E-state index contributed by atoms with van der Waals surface area (Å²) in [5.41, 5.74) is 0.994. The Balaban J connectivity index is 1.47. The lowest BCUT2D eigenvalue weighted by Gasteiger charge is -2.09. The Hall–Kier alpha value is -2.74.